The number of piperazine rings is 2. The third-order valence-electron chi connectivity index (χ3n) is 6.03. The van der Waals surface area contributed by atoms with E-state index in [0.717, 1.165) is 79.5 Å². The molecule has 2 saturated heterocycles. The van der Waals surface area contributed by atoms with Gasteiger partial charge >= 0.3 is 0 Å². The minimum atomic E-state index is -0.113. The Hall–Kier alpha value is -3.04. The number of carbonyl (C=O) groups excluding carboxylic acids is 1. The lowest BCUT2D eigenvalue weighted by atomic mass is 10.1. The molecule has 2 aliphatic rings. The lowest BCUT2D eigenvalue weighted by Gasteiger charge is -2.37. The number of anilines is 2. The number of hydrogen-bond acceptors (Lipinski definition) is 8. The van der Waals surface area contributed by atoms with Crippen LogP contribution in [0.2, 0.25) is 0 Å². The van der Waals surface area contributed by atoms with E-state index in [-0.39, 0.29) is 6.04 Å². The molecule has 1 atom stereocenters. The van der Waals surface area contributed by atoms with Gasteiger partial charge in [-0.15, -0.1) is 0 Å². The number of nitrogens with zero attached hydrogens (tertiary/aromatic N) is 6. The van der Waals surface area contributed by atoms with Crippen LogP contribution >= 0.6 is 0 Å². The maximum Gasteiger partial charge on any atom is 0.138 e. The van der Waals surface area contributed by atoms with Crippen LogP contribution in [0.5, 0.6) is 0 Å². The van der Waals surface area contributed by atoms with Gasteiger partial charge in [0.05, 0.1) is 23.4 Å². The molecule has 3 aromatic rings. The highest BCUT2D eigenvalue weighted by atomic mass is 16.1. The van der Waals surface area contributed by atoms with Crippen LogP contribution in [0.15, 0.2) is 30.5 Å². The van der Waals surface area contributed by atoms with Gasteiger partial charge in [0, 0.05) is 51.2 Å². The van der Waals surface area contributed by atoms with Gasteiger partial charge in [0.25, 0.3) is 0 Å². The molecule has 0 spiro atoms. The van der Waals surface area contributed by atoms with Crippen molar-refractivity contribution in [3.63, 3.8) is 0 Å². The summed E-state index contributed by atoms with van der Waals surface area (Å²) in [5.41, 5.74) is 2.55. The van der Waals surface area contributed by atoms with E-state index >= 15 is 0 Å². The molecule has 30 heavy (non-hydrogen) atoms. The summed E-state index contributed by atoms with van der Waals surface area (Å²) in [7, 11) is 1.98. The van der Waals surface area contributed by atoms with Crippen molar-refractivity contribution in [3.05, 3.63) is 30.5 Å². The number of aromatic amines is 1. The minimum absolute atomic E-state index is 0.113. The number of hydrogen-bond donors (Lipinski definition) is 2. The van der Waals surface area contributed by atoms with Gasteiger partial charge in [-0.3, -0.25) is 10.00 Å². The molecule has 2 N–H and O–H groups in total. The number of rotatable bonds is 4. The molecule has 2 fully saturated rings. The van der Waals surface area contributed by atoms with E-state index in [9.17, 15) is 4.79 Å². The molecule has 156 valence electrons. The molecule has 0 saturated carbocycles. The molecule has 9 nitrogen and oxygen atoms in total. The average Bonchev–Trinajstić information content (AvgIpc) is 3.23. The summed E-state index contributed by atoms with van der Waals surface area (Å²) < 4.78 is 0. The normalized spacial score (nSPS) is 20.6. The number of aldehydes is 1. The Balaban J connectivity index is 1.47. The van der Waals surface area contributed by atoms with Gasteiger partial charge in [-0.25, -0.2) is 9.97 Å². The van der Waals surface area contributed by atoms with Crippen molar-refractivity contribution in [1.29, 1.82) is 0 Å². The highest BCUT2D eigenvalue weighted by molar-refractivity contribution is 5.93. The summed E-state index contributed by atoms with van der Waals surface area (Å²) in [6, 6.07) is 8.04. The van der Waals surface area contributed by atoms with E-state index in [2.05, 4.69) is 47.3 Å². The lowest BCUT2D eigenvalue weighted by Crippen LogP contribution is -2.52. The Labute approximate surface area is 175 Å². The number of pyridine rings is 2. The van der Waals surface area contributed by atoms with Gasteiger partial charge in [0.2, 0.25) is 0 Å². The summed E-state index contributed by atoms with van der Waals surface area (Å²) in [6.45, 7) is 6.15. The standard InChI is InChI=1S/C21H26N8O/c1-27-9-10-29(13-15(27)14-30)20-11-16-18(12-23-20)25-26-21(16)17-3-2-4-19(24-17)28-7-5-22-6-8-28/h2-4,11-12,14-15,22H,5-10,13H2,1H3,(H,25,26). The van der Waals surface area contributed by atoms with Gasteiger partial charge in [-0.2, -0.15) is 5.10 Å². The third kappa shape index (κ3) is 3.50. The molecule has 9 heteroatoms. The zero-order chi connectivity index (χ0) is 20.5. The van der Waals surface area contributed by atoms with Crippen molar-refractivity contribution < 1.29 is 4.79 Å². The number of carbonyl (C=O) groups is 1. The van der Waals surface area contributed by atoms with Crippen molar-refractivity contribution in [3.8, 4) is 11.4 Å². The maximum atomic E-state index is 11.4. The molecular formula is C21H26N8O. The summed E-state index contributed by atoms with van der Waals surface area (Å²) in [4.78, 5) is 27.4. The summed E-state index contributed by atoms with van der Waals surface area (Å²) in [6.07, 6.45) is 2.83. The number of fused-ring (bicyclic) bond motifs is 1. The molecule has 0 bridgehead atoms. The molecule has 0 amide bonds. The van der Waals surface area contributed by atoms with Crippen LogP contribution in [0.1, 0.15) is 0 Å². The van der Waals surface area contributed by atoms with Crippen LogP contribution in [0.3, 0.4) is 0 Å². The van der Waals surface area contributed by atoms with E-state index in [1.165, 1.54) is 0 Å². The van der Waals surface area contributed by atoms with Crippen LogP contribution in [0.4, 0.5) is 11.6 Å². The van der Waals surface area contributed by atoms with Crippen molar-refractivity contribution in [1.82, 2.24) is 30.4 Å². The SMILES string of the molecule is CN1CCN(c2cc3c(-c4cccc(N5CCNCC5)n4)n[nH]c3cn2)CC1C=O. The Morgan fingerprint density at radius 3 is 2.80 bits per heavy atom. The fourth-order valence-electron chi connectivity index (χ4n) is 4.15. The summed E-state index contributed by atoms with van der Waals surface area (Å²) in [5, 5.41) is 12.0. The number of nitrogens with one attached hydrogen (secondary N) is 2. The topological polar surface area (TPSA) is 93.3 Å². The number of likely N-dealkylation sites (N-methyl/N-ethyl adjacent to an activating group) is 1. The Bertz CT molecular complexity index is 1040. The molecule has 0 radical (unpaired) electrons. The second-order valence-electron chi connectivity index (χ2n) is 7.91. The largest absolute Gasteiger partial charge is 0.354 e. The second-order valence-corrected chi connectivity index (χ2v) is 7.91. The number of H-pyrrole nitrogens is 1. The average molecular weight is 406 g/mol. The van der Waals surface area contributed by atoms with Crippen LogP contribution < -0.4 is 15.1 Å². The zero-order valence-corrected chi connectivity index (χ0v) is 17.1. The molecule has 5 heterocycles. The van der Waals surface area contributed by atoms with Gasteiger partial charge in [0.15, 0.2) is 0 Å². The molecule has 1 unspecified atom stereocenters. The molecule has 5 rings (SSSR count). The second kappa shape index (κ2) is 8.00. The van der Waals surface area contributed by atoms with Gasteiger partial charge < -0.3 is 19.9 Å². The van der Waals surface area contributed by atoms with E-state index < -0.39 is 0 Å². The molecule has 3 aromatic heterocycles. The van der Waals surface area contributed by atoms with Crippen molar-refractivity contribution >= 4 is 28.8 Å². The van der Waals surface area contributed by atoms with Crippen LogP contribution in [0, 0.1) is 0 Å². The monoisotopic (exact) mass is 406 g/mol. The molecular weight excluding hydrogens is 380 g/mol. The summed E-state index contributed by atoms with van der Waals surface area (Å²) in [5.74, 6) is 1.84. The molecule has 0 aromatic carbocycles. The molecule has 2 aliphatic heterocycles. The van der Waals surface area contributed by atoms with Crippen molar-refractivity contribution in [2.45, 2.75) is 6.04 Å². The van der Waals surface area contributed by atoms with Crippen molar-refractivity contribution in [2.24, 2.45) is 0 Å². The smallest absolute Gasteiger partial charge is 0.138 e. The van der Waals surface area contributed by atoms with E-state index in [0.29, 0.717) is 6.54 Å². The first kappa shape index (κ1) is 19.0. The maximum absolute atomic E-state index is 11.4. The van der Waals surface area contributed by atoms with Crippen LogP contribution in [-0.2, 0) is 4.79 Å². The first-order chi connectivity index (χ1) is 14.7. The highest BCUT2D eigenvalue weighted by Gasteiger charge is 2.25. The highest BCUT2D eigenvalue weighted by Crippen LogP contribution is 2.29. The first-order valence-corrected chi connectivity index (χ1v) is 10.4. The first-order valence-electron chi connectivity index (χ1n) is 10.4. The minimum Gasteiger partial charge on any atom is -0.354 e. The fourth-order valence-corrected chi connectivity index (χ4v) is 4.15. The van der Waals surface area contributed by atoms with Gasteiger partial charge in [-0.05, 0) is 25.2 Å². The van der Waals surface area contributed by atoms with E-state index in [1.54, 1.807) is 0 Å². The zero-order valence-electron chi connectivity index (χ0n) is 17.1. The summed E-state index contributed by atoms with van der Waals surface area (Å²) >= 11 is 0. The Morgan fingerprint density at radius 1 is 1.10 bits per heavy atom. The quantitative estimate of drug-likeness (QED) is 0.613. The lowest BCUT2D eigenvalue weighted by molar-refractivity contribution is -0.112. The fraction of sp³-hybridized carbons (Fsp3) is 0.429. The van der Waals surface area contributed by atoms with Gasteiger partial charge in [-0.1, -0.05) is 6.07 Å². The predicted octanol–water partition coefficient (Wildman–Crippen LogP) is 0.749. The Kier molecular flexibility index (Phi) is 5.06. The van der Waals surface area contributed by atoms with Crippen molar-refractivity contribution in [2.75, 3.05) is 62.7 Å². The van der Waals surface area contributed by atoms with Gasteiger partial charge in [0.1, 0.15) is 23.6 Å². The van der Waals surface area contributed by atoms with Crippen LogP contribution in [0.25, 0.3) is 22.3 Å². The predicted molar refractivity (Wildman–Crippen MR) is 117 cm³/mol. The molecule has 0 aliphatic carbocycles. The number of aromatic nitrogens is 4. The van der Waals surface area contributed by atoms with Crippen LogP contribution in [-0.4, -0.2) is 90.3 Å². The Morgan fingerprint density at radius 2 is 1.97 bits per heavy atom. The van der Waals surface area contributed by atoms with E-state index in [4.69, 9.17) is 4.98 Å². The van der Waals surface area contributed by atoms with E-state index in [1.807, 2.05) is 25.4 Å². The third-order valence-corrected chi connectivity index (χ3v) is 6.03.